The third kappa shape index (κ3) is 6.89. The maximum Gasteiger partial charge on any atom is 0.354 e. The number of nitrogens with one attached hydrogen (secondary N) is 2. The predicted octanol–water partition coefficient (Wildman–Crippen LogP) is 2.39. The largest absolute Gasteiger partial charge is 0.477 e. The van der Waals surface area contributed by atoms with Crippen LogP contribution >= 0.6 is 0 Å². The van der Waals surface area contributed by atoms with Crippen molar-refractivity contribution in [2.24, 2.45) is 0 Å². The summed E-state index contributed by atoms with van der Waals surface area (Å²) >= 11 is 0. The zero-order chi connectivity index (χ0) is 20.1. The third-order valence-corrected chi connectivity index (χ3v) is 5.82. The molecule has 0 atom stereocenters. The summed E-state index contributed by atoms with van der Waals surface area (Å²) in [5.41, 5.74) is 2.10. The van der Waals surface area contributed by atoms with Crippen molar-refractivity contribution in [2.75, 3.05) is 6.54 Å². The predicted molar refractivity (Wildman–Crippen MR) is 108 cm³/mol. The number of aromatic nitrogens is 3. The highest BCUT2D eigenvalue weighted by Crippen LogP contribution is 2.30. The smallest absolute Gasteiger partial charge is 0.354 e. The SMILES string of the molecule is CC(C)(C)[SiH2]OC(C)(C)c1cc(CNCCc2cnc[nH]2)nc(C(=O)O)c1. The molecular weight excluding hydrogens is 360 g/mol. The van der Waals surface area contributed by atoms with Crippen LogP contribution in [0.1, 0.15) is 62.1 Å². The summed E-state index contributed by atoms with van der Waals surface area (Å²) in [5, 5.41) is 12.9. The quantitative estimate of drug-likeness (QED) is 0.449. The second-order valence-electron chi connectivity index (χ2n) is 8.40. The minimum Gasteiger partial charge on any atom is -0.477 e. The number of carboxylic acids is 1. The normalized spacial score (nSPS) is 12.8. The second-order valence-corrected chi connectivity index (χ2v) is 11.1. The van der Waals surface area contributed by atoms with Crippen LogP contribution in [0.25, 0.3) is 0 Å². The molecule has 0 bridgehead atoms. The van der Waals surface area contributed by atoms with Crippen LogP contribution in [-0.4, -0.2) is 42.3 Å². The average Bonchev–Trinajstić information content (AvgIpc) is 3.09. The highest BCUT2D eigenvalue weighted by atomic mass is 28.2. The molecule has 2 heterocycles. The Morgan fingerprint density at radius 2 is 2.04 bits per heavy atom. The Bertz CT molecular complexity index is 755. The first-order valence-corrected chi connectivity index (χ1v) is 10.4. The molecule has 2 rings (SSSR count). The minimum absolute atomic E-state index is 0.0481. The van der Waals surface area contributed by atoms with Gasteiger partial charge in [-0.25, -0.2) is 14.8 Å². The molecule has 27 heavy (non-hydrogen) atoms. The summed E-state index contributed by atoms with van der Waals surface area (Å²) in [6, 6.07) is 3.56. The zero-order valence-electron chi connectivity index (χ0n) is 16.8. The van der Waals surface area contributed by atoms with Gasteiger partial charge in [-0.15, -0.1) is 0 Å². The van der Waals surface area contributed by atoms with E-state index in [1.807, 2.05) is 19.9 Å². The number of rotatable bonds is 9. The van der Waals surface area contributed by atoms with Gasteiger partial charge < -0.3 is 19.8 Å². The van der Waals surface area contributed by atoms with Gasteiger partial charge in [-0.2, -0.15) is 0 Å². The standard InChI is InChI=1S/C19H30N4O3Si/c1-18(2,3)27-26-19(4,5)13-8-15(23-16(9-13)17(24)25)11-20-7-6-14-10-21-12-22-14/h8-10,12,20H,6-7,11,27H2,1-5H3,(H,21,22)(H,24,25). The van der Waals surface area contributed by atoms with Gasteiger partial charge in [0.05, 0.1) is 17.6 Å². The lowest BCUT2D eigenvalue weighted by Gasteiger charge is -2.31. The van der Waals surface area contributed by atoms with Gasteiger partial charge in [-0.3, -0.25) is 0 Å². The number of hydrogen-bond donors (Lipinski definition) is 3. The first kappa shape index (κ1) is 21.3. The molecule has 0 saturated carbocycles. The van der Waals surface area contributed by atoms with E-state index < -0.39 is 21.3 Å². The molecule has 3 N–H and O–H groups in total. The Morgan fingerprint density at radius 3 is 2.63 bits per heavy atom. The summed E-state index contributed by atoms with van der Waals surface area (Å²) in [5.74, 6) is -1.03. The molecule has 0 saturated heterocycles. The van der Waals surface area contributed by atoms with Gasteiger partial charge in [0, 0.05) is 31.4 Å². The summed E-state index contributed by atoms with van der Waals surface area (Å²) in [6.07, 6.45) is 4.27. The Balaban J connectivity index is 2.09. The summed E-state index contributed by atoms with van der Waals surface area (Å²) in [4.78, 5) is 22.8. The van der Waals surface area contributed by atoms with Gasteiger partial charge in [0.2, 0.25) is 0 Å². The van der Waals surface area contributed by atoms with E-state index in [9.17, 15) is 9.90 Å². The van der Waals surface area contributed by atoms with E-state index in [2.05, 4.69) is 41.0 Å². The first-order chi connectivity index (χ1) is 12.6. The van der Waals surface area contributed by atoms with Gasteiger partial charge in [0.15, 0.2) is 9.76 Å². The fourth-order valence-corrected chi connectivity index (χ4v) is 3.44. The van der Waals surface area contributed by atoms with Crippen LogP contribution in [-0.2, 0) is 23.0 Å². The van der Waals surface area contributed by atoms with Crippen molar-refractivity contribution in [3.05, 3.63) is 47.3 Å². The highest BCUT2D eigenvalue weighted by molar-refractivity contribution is 6.31. The fourth-order valence-electron chi connectivity index (χ4n) is 2.48. The lowest BCUT2D eigenvalue weighted by atomic mass is 9.97. The Labute approximate surface area is 162 Å². The van der Waals surface area contributed by atoms with Crippen molar-refractivity contribution in [3.63, 3.8) is 0 Å². The van der Waals surface area contributed by atoms with Crippen LogP contribution in [0, 0.1) is 0 Å². The number of aromatic amines is 1. The van der Waals surface area contributed by atoms with Gasteiger partial charge in [-0.05, 0) is 36.6 Å². The number of imidazole rings is 1. The molecule has 0 fully saturated rings. The highest BCUT2D eigenvalue weighted by Gasteiger charge is 2.26. The van der Waals surface area contributed by atoms with Crippen molar-refractivity contribution in [1.29, 1.82) is 0 Å². The molecular formula is C19H30N4O3Si. The molecule has 2 aromatic rings. The van der Waals surface area contributed by atoms with Crippen LogP contribution in [0.5, 0.6) is 0 Å². The number of carboxylic acid groups (broad SMARTS) is 1. The Hall–Kier alpha value is -2.03. The minimum atomic E-state index is -1.03. The number of H-pyrrole nitrogens is 1. The summed E-state index contributed by atoms with van der Waals surface area (Å²) in [6.45, 7) is 11.7. The maximum absolute atomic E-state index is 11.5. The van der Waals surface area contributed by atoms with E-state index in [-0.39, 0.29) is 10.7 Å². The van der Waals surface area contributed by atoms with Crippen molar-refractivity contribution >= 4 is 15.7 Å². The van der Waals surface area contributed by atoms with Crippen molar-refractivity contribution < 1.29 is 14.3 Å². The second kappa shape index (κ2) is 8.77. The van der Waals surface area contributed by atoms with E-state index >= 15 is 0 Å². The maximum atomic E-state index is 11.5. The molecule has 0 aromatic carbocycles. The molecule has 0 radical (unpaired) electrons. The van der Waals surface area contributed by atoms with E-state index in [1.54, 1.807) is 18.6 Å². The number of pyridine rings is 1. The Kier molecular flexibility index (Phi) is 6.91. The summed E-state index contributed by atoms with van der Waals surface area (Å²) in [7, 11) is -0.779. The topological polar surface area (TPSA) is 100 Å². The van der Waals surface area contributed by atoms with Crippen LogP contribution in [0.3, 0.4) is 0 Å². The van der Waals surface area contributed by atoms with Crippen molar-refractivity contribution in [2.45, 2.75) is 58.2 Å². The third-order valence-electron chi connectivity index (χ3n) is 4.09. The molecule has 8 heteroatoms. The van der Waals surface area contributed by atoms with E-state index in [0.29, 0.717) is 12.2 Å². The van der Waals surface area contributed by atoms with E-state index in [4.69, 9.17) is 4.43 Å². The van der Waals surface area contributed by atoms with Crippen molar-refractivity contribution in [1.82, 2.24) is 20.3 Å². The number of nitrogens with zero attached hydrogens (tertiary/aromatic N) is 2. The molecule has 0 amide bonds. The fraction of sp³-hybridized carbons (Fsp3) is 0.526. The van der Waals surface area contributed by atoms with Gasteiger partial charge >= 0.3 is 5.97 Å². The molecule has 7 nitrogen and oxygen atoms in total. The van der Waals surface area contributed by atoms with Gasteiger partial charge in [-0.1, -0.05) is 20.8 Å². The Morgan fingerprint density at radius 1 is 1.30 bits per heavy atom. The number of carbonyl (C=O) groups is 1. The van der Waals surface area contributed by atoms with Crippen LogP contribution in [0.15, 0.2) is 24.7 Å². The average molecular weight is 391 g/mol. The molecule has 0 spiro atoms. The number of hydrogen-bond acceptors (Lipinski definition) is 5. The van der Waals surface area contributed by atoms with Gasteiger partial charge in [0.1, 0.15) is 5.69 Å². The number of aromatic carboxylic acids is 1. The molecule has 2 aromatic heterocycles. The zero-order valence-corrected chi connectivity index (χ0v) is 18.2. The molecule has 148 valence electrons. The summed E-state index contributed by atoms with van der Waals surface area (Å²) < 4.78 is 6.23. The van der Waals surface area contributed by atoms with E-state index in [0.717, 1.165) is 24.2 Å². The molecule has 0 aliphatic heterocycles. The van der Waals surface area contributed by atoms with Crippen molar-refractivity contribution in [3.8, 4) is 0 Å². The van der Waals surface area contributed by atoms with E-state index in [1.165, 1.54) is 0 Å². The van der Waals surface area contributed by atoms with Gasteiger partial charge in [0.25, 0.3) is 0 Å². The first-order valence-electron chi connectivity index (χ1n) is 9.13. The van der Waals surface area contributed by atoms with Crippen LogP contribution in [0.2, 0.25) is 5.04 Å². The van der Waals surface area contributed by atoms with Crippen LogP contribution < -0.4 is 5.32 Å². The molecule has 0 unspecified atom stereocenters. The van der Waals surface area contributed by atoms with Crippen LogP contribution in [0.4, 0.5) is 0 Å². The molecule has 0 aliphatic carbocycles. The lowest BCUT2D eigenvalue weighted by molar-refractivity contribution is 0.0688. The lowest BCUT2D eigenvalue weighted by Crippen LogP contribution is -2.28. The monoisotopic (exact) mass is 390 g/mol. The molecule has 0 aliphatic rings.